The molecule has 1 unspecified atom stereocenters. The number of allylic oxidation sites excluding steroid dienone is 1. The second kappa shape index (κ2) is 10.8. The van der Waals surface area contributed by atoms with Gasteiger partial charge in [-0.25, -0.2) is 4.39 Å². The molecule has 3 heterocycles. The van der Waals surface area contributed by atoms with Gasteiger partial charge in [0.05, 0.1) is 6.20 Å². The number of nitrogens with one attached hydrogen (secondary N) is 2. The highest BCUT2D eigenvalue weighted by molar-refractivity contribution is 8.03. The van der Waals surface area contributed by atoms with Crippen molar-refractivity contribution < 1.29 is 14.0 Å². The third kappa shape index (κ3) is 5.27. The molecule has 0 radical (unpaired) electrons. The fourth-order valence-corrected chi connectivity index (χ4v) is 6.46. The molecule has 37 heavy (non-hydrogen) atoms. The number of aromatic nitrogens is 2. The Labute approximate surface area is 220 Å². The minimum atomic E-state index is -0.330. The van der Waals surface area contributed by atoms with E-state index in [0.29, 0.717) is 24.4 Å². The molecule has 0 saturated carbocycles. The SMILES string of the molecule is CC(C)NC(=O)C1=C(C2CCN(C(=O)c3ccccc3)CC2)SC(c2cn[nH]c2)N1c1ccc(F)cc1. The normalized spacial score (nSPS) is 18.5. The number of nitrogens with zero attached hydrogens (tertiary/aromatic N) is 3. The van der Waals surface area contributed by atoms with Crippen LogP contribution in [0.5, 0.6) is 0 Å². The maximum Gasteiger partial charge on any atom is 0.269 e. The number of piperidine rings is 1. The lowest BCUT2D eigenvalue weighted by atomic mass is 9.94. The summed E-state index contributed by atoms with van der Waals surface area (Å²) >= 11 is 1.64. The van der Waals surface area contributed by atoms with E-state index in [1.807, 2.05) is 60.2 Å². The predicted octanol–water partition coefficient (Wildman–Crippen LogP) is 5.09. The van der Waals surface area contributed by atoms with E-state index in [1.165, 1.54) is 12.1 Å². The molecule has 1 saturated heterocycles. The van der Waals surface area contributed by atoms with Gasteiger partial charge in [0.15, 0.2) is 0 Å². The zero-order chi connectivity index (χ0) is 25.9. The van der Waals surface area contributed by atoms with Crippen LogP contribution in [0.1, 0.15) is 48.0 Å². The lowest BCUT2D eigenvalue weighted by Crippen LogP contribution is -2.40. The molecule has 2 amide bonds. The van der Waals surface area contributed by atoms with Crippen LogP contribution in [0, 0.1) is 11.7 Å². The van der Waals surface area contributed by atoms with E-state index in [-0.39, 0.29) is 35.0 Å². The van der Waals surface area contributed by atoms with Crippen LogP contribution in [0.3, 0.4) is 0 Å². The molecule has 2 N–H and O–H groups in total. The van der Waals surface area contributed by atoms with Crippen molar-refractivity contribution in [1.82, 2.24) is 20.4 Å². The number of aromatic amines is 1. The Morgan fingerprint density at radius 2 is 1.78 bits per heavy atom. The summed E-state index contributed by atoms with van der Waals surface area (Å²) in [5, 5.41) is 9.85. The van der Waals surface area contributed by atoms with Crippen LogP contribution in [-0.2, 0) is 4.79 Å². The quantitative estimate of drug-likeness (QED) is 0.474. The number of benzene rings is 2. The summed E-state index contributed by atoms with van der Waals surface area (Å²) in [7, 11) is 0. The summed E-state index contributed by atoms with van der Waals surface area (Å²) in [5.41, 5.74) is 2.94. The maximum absolute atomic E-state index is 13.8. The first-order valence-corrected chi connectivity index (χ1v) is 13.4. The predicted molar refractivity (Wildman–Crippen MR) is 143 cm³/mol. The van der Waals surface area contributed by atoms with Crippen molar-refractivity contribution >= 4 is 29.3 Å². The number of hydrogen-bond acceptors (Lipinski definition) is 5. The van der Waals surface area contributed by atoms with E-state index >= 15 is 0 Å². The number of likely N-dealkylation sites (tertiary alicyclic amines) is 1. The number of H-pyrrole nitrogens is 1. The molecule has 0 spiro atoms. The highest BCUT2D eigenvalue weighted by atomic mass is 32.2. The van der Waals surface area contributed by atoms with Gasteiger partial charge in [0.2, 0.25) is 0 Å². The first kappa shape index (κ1) is 25.1. The summed E-state index contributed by atoms with van der Waals surface area (Å²) in [6, 6.07) is 15.5. The second-order valence-corrected chi connectivity index (χ2v) is 10.7. The number of halogens is 1. The molecule has 5 rings (SSSR count). The van der Waals surface area contributed by atoms with Crippen molar-refractivity contribution in [3.8, 4) is 0 Å². The summed E-state index contributed by atoms with van der Waals surface area (Å²) < 4.78 is 13.8. The Bertz CT molecular complexity index is 1270. The van der Waals surface area contributed by atoms with Crippen LogP contribution in [-0.4, -0.2) is 46.0 Å². The lowest BCUT2D eigenvalue weighted by Gasteiger charge is -2.33. The van der Waals surface area contributed by atoms with Crippen molar-refractivity contribution in [2.75, 3.05) is 18.0 Å². The monoisotopic (exact) mass is 519 g/mol. The van der Waals surface area contributed by atoms with Crippen LogP contribution in [0.2, 0.25) is 0 Å². The number of thioether (sulfide) groups is 1. The third-order valence-corrected chi connectivity index (χ3v) is 8.15. The van der Waals surface area contributed by atoms with Crippen LogP contribution in [0.25, 0.3) is 0 Å². The lowest BCUT2D eigenvalue weighted by molar-refractivity contribution is -0.118. The molecule has 2 aliphatic rings. The van der Waals surface area contributed by atoms with E-state index in [9.17, 15) is 14.0 Å². The molecule has 1 atom stereocenters. The van der Waals surface area contributed by atoms with Crippen molar-refractivity contribution in [2.24, 2.45) is 5.92 Å². The minimum absolute atomic E-state index is 0.0362. The Kier molecular flexibility index (Phi) is 7.32. The van der Waals surface area contributed by atoms with Gasteiger partial charge in [-0.3, -0.25) is 14.7 Å². The smallest absolute Gasteiger partial charge is 0.269 e. The van der Waals surface area contributed by atoms with Crippen molar-refractivity contribution in [2.45, 2.75) is 38.1 Å². The highest BCUT2D eigenvalue weighted by Gasteiger charge is 2.42. The van der Waals surface area contributed by atoms with Crippen LogP contribution >= 0.6 is 11.8 Å². The number of carbonyl (C=O) groups excluding carboxylic acids is 2. The van der Waals surface area contributed by atoms with Gasteiger partial charge in [0, 0.05) is 47.0 Å². The van der Waals surface area contributed by atoms with Gasteiger partial charge < -0.3 is 15.1 Å². The maximum atomic E-state index is 13.8. The molecule has 0 bridgehead atoms. The van der Waals surface area contributed by atoms with Crippen molar-refractivity contribution in [3.05, 3.63) is 94.5 Å². The summed E-state index contributed by atoms with van der Waals surface area (Å²) in [5.74, 6) is -0.328. The highest BCUT2D eigenvalue weighted by Crippen LogP contribution is 2.53. The van der Waals surface area contributed by atoms with Gasteiger partial charge in [-0.15, -0.1) is 0 Å². The summed E-state index contributed by atoms with van der Waals surface area (Å²) in [6.07, 6.45) is 5.11. The van der Waals surface area contributed by atoms with Crippen molar-refractivity contribution in [1.29, 1.82) is 0 Å². The van der Waals surface area contributed by atoms with Gasteiger partial charge in [-0.1, -0.05) is 30.0 Å². The first-order valence-electron chi connectivity index (χ1n) is 12.5. The molecule has 2 aliphatic heterocycles. The Morgan fingerprint density at radius 1 is 1.08 bits per heavy atom. The second-order valence-electron chi connectivity index (χ2n) is 9.62. The number of rotatable bonds is 6. The van der Waals surface area contributed by atoms with E-state index in [4.69, 9.17) is 0 Å². The number of carbonyl (C=O) groups is 2. The molecule has 3 aromatic rings. The van der Waals surface area contributed by atoms with Crippen LogP contribution in [0.15, 0.2) is 77.6 Å². The minimum Gasteiger partial charge on any atom is -0.349 e. The zero-order valence-electron chi connectivity index (χ0n) is 20.9. The molecule has 192 valence electrons. The third-order valence-electron chi connectivity index (χ3n) is 6.67. The van der Waals surface area contributed by atoms with E-state index in [1.54, 1.807) is 30.1 Å². The van der Waals surface area contributed by atoms with Gasteiger partial charge in [0.25, 0.3) is 11.8 Å². The van der Waals surface area contributed by atoms with E-state index in [0.717, 1.165) is 29.0 Å². The topological polar surface area (TPSA) is 81.3 Å². The summed E-state index contributed by atoms with van der Waals surface area (Å²) in [6.45, 7) is 5.11. The molecular weight excluding hydrogens is 489 g/mol. The zero-order valence-corrected chi connectivity index (χ0v) is 21.7. The molecule has 7 nitrogen and oxygen atoms in total. The van der Waals surface area contributed by atoms with Crippen LogP contribution < -0.4 is 10.2 Å². The summed E-state index contributed by atoms with van der Waals surface area (Å²) in [4.78, 5) is 31.5. The molecule has 9 heteroatoms. The van der Waals surface area contributed by atoms with E-state index < -0.39 is 0 Å². The number of amides is 2. The van der Waals surface area contributed by atoms with Gasteiger partial charge in [0.1, 0.15) is 16.9 Å². The fraction of sp³-hybridized carbons (Fsp3) is 0.321. The Morgan fingerprint density at radius 3 is 2.41 bits per heavy atom. The standard InChI is InChI=1S/C28H30FN5O2S/c1-18(2)32-26(35)24-25(19-12-14-33(15-13-19)27(36)20-6-4-3-5-7-20)37-28(21-16-30-31-17-21)34(24)23-10-8-22(29)9-11-23/h3-11,16-19,28H,12-15H2,1-2H3,(H,30,31)(H,32,35). The fourth-order valence-electron chi connectivity index (χ4n) is 4.89. The van der Waals surface area contributed by atoms with Gasteiger partial charge in [-0.05, 0) is 69.0 Å². The Hall–Kier alpha value is -3.59. The van der Waals surface area contributed by atoms with E-state index in [2.05, 4.69) is 15.5 Å². The number of anilines is 1. The van der Waals surface area contributed by atoms with Crippen LogP contribution in [0.4, 0.5) is 10.1 Å². The average Bonchev–Trinajstić information content (AvgIpc) is 3.57. The molecule has 1 aromatic heterocycles. The van der Waals surface area contributed by atoms with Crippen molar-refractivity contribution in [3.63, 3.8) is 0 Å². The molecule has 1 fully saturated rings. The largest absolute Gasteiger partial charge is 0.349 e. The first-order chi connectivity index (χ1) is 17.9. The molecule has 0 aliphatic carbocycles. The molecular formula is C28H30FN5O2S. The average molecular weight is 520 g/mol. The number of hydrogen-bond donors (Lipinski definition) is 2. The Balaban J connectivity index is 1.47. The van der Waals surface area contributed by atoms with Gasteiger partial charge in [-0.2, -0.15) is 5.10 Å². The van der Waals surface area contributed by atoms with Gasteiger partial charge >= 0.3 is 0 Å². The molecule has 2 aromatic carbocycles.